The van der Waals surface area contributed by atoms with E-state index in [9.17, 15) is 5.11 Å². The standard InChI is InChI=1S/C31H46O3Si2/c1-24-25(20-21-32)22-26(33-35(8,9)30(2,3)4)23-29(24)34-36(31(5,6)7,27-16-12-10-13-17-27)28-18-14-11-15-19-28/h10-20,26,29,32H,1,21-23H2,2-9H3/b25-20-/t26-,29+/m1/s1. The fourth-order valence-electron chi connectivity index (χ4n) is 5.08. The first kappa shape index (κ1) is 28.8. The Morgan fingerprint density at radius 3 is 1.78 bits per heavy atom. The molecule has 196 valence electrons. The van der Waals surface area contributed by atoms with Gasteiger partial charge in [0.25, 0.3) is 8.32 Å². The SMILES string of the molecule is C=C1/C(=C\CO)C[C@@H](O[Si](C)(C)C(C)(C)C)C[C@@H]1O[Si](c1ccccc1)(c1ccccc1)C(C)(C)C. The molecule has 0 spiro atoms. The van der Waals surface area contributed by atoms with Gasteiger partial charge < -0.3 is 14.0 Å². The molecule has 3 rings (SSSR count). The highest BCUT2D eigenvalue weighted by atomic mass is 28.4. The van der Waals surface area contributed by atoms with Crippen LogP contribution in [-0.4, -0.2) is 40.6 Å². The van der Waals surface area contributed by atoms with Crippen molar-refractivity contribution in [1.29, 1.82) is 0 Å². The maximum Gasteiger partial charge on any atom is 0.261 e. The van der Waals surface area contributed by atoms with Crippen LogP contribution in [0.4, 0.5) is 0 Å². The molecule has 5 heteroatoms. The van der Waals surface area contributed by atoms with Crippen LogP contribution >= 0.6 is 0 Å². The first-order valence-electron chi connectivity index (χ1n) is 13.2. The van der Waals surface area contributed by atoms with Crippen LogP contribution in [0.3, 0.4) is 0 Å². The quantitative estimate of drug-likeness (QED) is 0.417. The predicted octanol–water partition coefficient (Wildman–Crippen LogP) is 6.59. The molecule has 2 aromatic rings. The van der Waals surface area contributed by atoms with Crippen LogP contribution < -0.4 is 10.4 Å². The van der Waals surface area contributed by atoms with Crippen LogP contribution in [0.1, 0.15) is 54.4 Å². The number of hydrogen-bond acceptors (Lipinski definition) is 3. The Morgan fingerprint density at radius 1 is 0.861 bits per heavy atom. The maximum atomic E-state index is 9.81. The zero-order chi connectivity index (χ0) is 26.8. The molecule has 2 aromatic carbocycles. The van der Waals surface area contributed by atoms with Crippen molar-refractivity contribution in [3.05, 3.63) is 84.5 Å². The van der Waals surface area contributed by atoms with E-state index in [-0.39, 0.29) is 28.9 Å². The van der Waals surface area contributed by atoms with Crippen LogP contribution in [0, 0.1) is 0 Å². The van der Waals surface area contributed by atoms with Gasteiger partial charge in [-0.3, -0.25) is 0 Å². The summed E-state index contributed by atoms with van der Waals surface area (Å²) in [7, 11) is -4.73. The van der Waals surface area contributed by atoms with E-state index in [1.165, 1.54) is 10.4 Å². The number of rotatable bonds is 7. The summed E-state index contributed by atoms with van der Waals surface area (Å²) in [6.07, 6.45) is 3.30. The van der Waals surface area contributed by atoms with Crippen molar-refractivity contribution in [2.45, 2.75) is 89.8 Å². The normalized spacial score (nSPS) is 21.1. The average molecular weight is 523 g/mol. The monoisotopic (exact) mass is 522 g/mol. The van der Waals surface area contributed by atoms with E-state index in [0.717, 1.165) is 24.0 Å². The van der Waals surface area contributed by atoms with E-state index in [2.05, 4.69) is 122 Å². The topological polar surface area (TPSA) is 38.7 Å². The number of aliphatic hydroxyl groups excluding tert-OH is 1. The summed E-state index contributed by atoms with van der Waals surface area (Å²) >= 11 is 0. The largest absolute Gasteiger partial charge is 0.413 e. The molecular weight excluding hydrogens is 477 g/mol. The minimum atomic E-state index is -2.75. The van der Waals surface area contributed by atoms with Gasteiger partial charge in [-0.15, -0.1) is 0 Å². The van der Waals surface area contributed by atoms with Gasteiger partial charge in [0.2, 0.25) is 0 Å². The van der Waals surface area contributed by atoms with E-state index < -0.39 is 16.6 Å². The van der Waals surface area contributed by atoms with Crippen molar-refractivity contribution in [2.75, 3.05) is 6.61 Å². The van der Waals surface area contributed by atoms with E-state index in [0.29, 0.717) is 0 Å². The van der Waals surface area contributed by atoms with Gasteiger partial charge in [-0.2, -0.15) is 0 Å². The zero-order valence-corrected chi connectivity index (χ0v) is 25.6. The summed E-state index contributed by atoms with van der Waals surface area (Å²) < 4.78 is 14.4. The lowest BCUT2D eigenvalue weighted by molar-refractivity contribution is 0.0989. The van der Waals surface area contributed by atoms with Gasteiger partial charge in [-0.05, 0) is 51.1 Å². The Kier molecular flexibility index (Phi) is 8.74. The summed E-state index contributed by atoms with van der Waals surface area (Å²) in [5, 5.41) is 12.3. The van der Waals surface area contributed by atoms with Gasteiger partial charge in [0, 0.05) is 6.42 Å². The van der Waals surface area contributed by atoms with Crippen molar-refractivity contribution in [3.8, 4) is 0 Å². The van der Waals surface area contributed by atoms with Crippen molar-refractivity contribution in [1.82, 2.24) is 0 Å². The lowest BCUT2D eigenvalue weighted by Gasteiger charge is -2.48. The molecule has 1 N–H and O–H groups in total. The smallest absolute Gasteiger partial charge is 0.261 e. The third-order valence-corrected chi connectivity index (χ3v) is 17.6. The molecule has 1 aliphatic carbocycles. The zero-order valence-electron chi connectivity index (χ0n) is 23.6. The van der Waals surface area contributed by atoms with E-state index >= 15 is 0 Å². The van der Waals surface area contributed by atoms with Crippen molar-refractivity contribution < 1.29 is 14.0 Å². The molecule has 0 saturated heterocycles. The predicted molar refractivity (Wildman–Crippen MR) is 158 cm³/mol. The molecule has 0 radical (unpaired) electrons. The van der Waals surface area contributed by atoms with Crippen LogP contribution in [0.5, 0.6) is 0 Å². The second kappa shape index (κ2) is 10.9. The number of hydrogen-bond donors (Lipinski definition) is 1. The minimum absolute atomic E-state index is 0.00685. The highest BCUT2D eigenvalue weighted by Crippen LogP contribution is 2.44. The fraction of sp³-hybridized carbons (Fsp3) is 0.484. The number of benzene rings is 2. The molecule has 1 saturated carbocycles. The van der Waals surface area contributed by atoms with E-state index in [1.807, 2.05) is 6.08 Å². The lowest BCUT2D eigenvalue weighted by Crippen LogP contribution is -2.68. The van der Waals surface area contributed by atoms with E-state index in [4.69, 9.17) is 8.85 Å². The van der Waals surface area contributed by atoms with Gasteiger partial charge in [-0.1, -0.05) is 115 Å². The Bertz CT molecular complexity index is 1010. The molecule has 0 amide bonds. The average Bonchev–Trinajstić information content (AvgIpc) is 2.79. The van der Waals surface area contributed by atoms with Crippen LogP contribution in [-0.2, 0) is 8.85 Å². The Balaban J connectivity index is 2.11. The van der Waals surface area contributed by atoms with Crippen molar-refractivity contribution >= 4 is 27.0 Å². The lowest BCUT2D eigenvalue weighted by atomic mass is 9.86. The summed E-state index contributed by atoms with van der Waals surface area (Å²) in [5.41, 5.74) is 2.04. The molecule has 2 atom stereocenters. The third kappa shape index (κ3) is 5.86. The molecule has 0 bridgehead atoms. The van der Waals surface area contributed by atoms with Gasteiger partial charge >= 0.3 is 0 Å². The molecule has 36 heavy (non-hydrogen) atoms. The molecular formula is C31H46O3Si2. The summed E-state index contributed by atoms with van der Waals surface area (Å²) in [6, 6.07) is 21.5. The number of aliphatic hydroxyl groups is 1. The van der Waals surface area contributed by atoms with Crippen LogP contribution in [0.2, 0.25) is 23.2 Å². The Morgan fingerprint density at radius 2 is 1.36 bits per heavy atom. The first-order chi connectivity index (χ1) is 16.7. The van der Waals surface area contributed by atoms with E-state index in [1.54, 1.807) is 0 Å². The Hall–Kier alpha value is -1.77. The fourth-order valence-corrected chi connectivity index (χ4v) is 11.1. The molecule has 1 aliphatic rings. The molecule has 0 heterocycles. The first-order valence-corrected chi connectivity index (χ1v) is 18.0. The van der Waals surface area contributed by atoms with Gasteiger partial charge in [0.1, 0.15) is 0 Å². The minimum Gasteiger partial charge on any atom is -0.413 e. The summed E-state index contributed by atoms with van der Waals surface area (Å²) in [4.78, 5) is 0. The van der Waals surface area contributed by atoms with Gasteiger partial charge in [-0.25, -0.2) is 0 Å². The highest BCUT2D eigenvalue weighted by Gasteiger charge is 2.52. The molecule has 1 fully saturated rings. The molecule has 0 aromatic heterocycles. The van der Waals surface area contributed by atoms with Crippen molar-refractivity contribution in [2.24, 2.45) is 0 Å². The summed E-state index contributed by atoms with van der Waals surface area (Å²) in [5.74, 6) is 0. The Labute approximate surface area is 221 Å². The van der Waals surface area contributed by atoms with Gasteiger partial charge in [0.05, 0.1) is 18.8 Å². The van der Waals surface area contributed by atoms with Crippen LogP contribution in [0.25, 0.3) is 0 Å². The van der Waals surface area contributed by atoms with Gasteiger partial charge in [0.15, 0.2) is 8.32 Å². The molecule has 0 aliphatic heterocycles. The van der Waals surface area contributed by atoms with Crippen molar-refractivity contribution in [3.63, 3.8) is 0 Å². The van der Waals surface area contributed by atoms with Crippen LogP contribution in [0.15, 0.2) is 84.5 Å². The molecule has 0 unspecified atom stereocenters. The third-order valence-electron chi connectivity index (χ3n) is 8.07. The highest BCUT2D eigenvalue weighted by molar-refractivity contribution is 6.99. The summed E-state index contributed by atoms with van der Waals surface area (Å²) in [6.45, 7) is 22.9. The second-order valence-electron chi connectivity index (χ2n) is 12.6. The molecule has 3 nitrogen and oxygen atoms in total. The second-order valence-corrected chi connectivity index (χ2v) is 21.7. The maximum absolute atomic E-state index is 9.81.